The molecule has 0 spiro atoms. The molecule has 0 radical (unpaired) electrons. The van der Waals surface area contributed by atoms with Gasteiger partial charge in [0.2, 0.25) is 5.91 Å². The number of hydrogen-bond acceptors (Lipinski definition) is 3. The van der Waals surface area contributed by atoms with Crippen molar-refractivity contribution in [2.75, 3.05) is 25.0 Å². The average Bonchev–Trinajstić information content (AvgIpc) is 2.62. The van der Waals surface area contributed by atoms with Gasteiger partial charge in [-0.2, -0.15) is 0 Å². The molecule has 3 rings (SSSR count). The minimum Gasteiger partial charge on any atom is -0.333 e. The first-order valence-corrected chi connectivity index (χ1v) is 9.08. The summed E-state index contributed by atoms with van der Waals surface area (Å²) < 4.78 is 0. The van der Waals surface area contributed by atoms with E-state index in [9.17, 15) is 9.59 Å². The molecule has 2 aliphatic rings. The van der Waals surface area contributed by atoms with Crippen molar-refractivity contribution in [1.29, 1.82) is 0 Å². The van der Waals surface area contributed by atoms with Crippen LogP contribution in [0.1, 0.15) is 49.4 Å². The maximum atomic E-state index is 12.7. The number of hydrogen-bond donors (Lipinski definition) is 2. The van der Waals surface area contributed by atoms with E-state index in [1.807, 2.05) is 23.1 Å². The molecule has 1 atom stereocenters. The number of carbonyl (C=O) groups excluding carboxylic acids is 2. The summed E-state index contributed by atoms with van der Waals surface area (Å²) in [5, 5.41) is 6.29. The highest BCUT2D eigenvalue weighted by Crippen LogP contribution is 2.25. The number of carbonyl (C=O) groups is 2. The van der Waals surface area contributed by atoms with Crippen LogP contribution in [-0.4, -0.2) is 42.4 Å². The Labute approximate surface area is 155 Å². The van der Waals surface area contributed by atoms with Gasteiger partial charge in [0.15, 0.2) is 0 Å². The number of benzene rings is 1. The molecule has 1 aromatic carbocycles. The molecule has 1 heterocycles. The number of nitrogens with zero attached hydrogens (tertiary/aromatic N) is 1. The fraction of sp³-hybridized carbons (Fsp3) is 0.579. The fourth-order valence-electron chi connectivity index (χ4n) is 3.65. The standard InChI is InChI=1S/C19H27N3O2.ClH/c1-14-13-20-10-11-22(14)19(24)16-8-5-9-17(12-16)21-18(23)15-6-3-2-4-7-15;/h5,8-9,12,14-15,20H,2-4,6-7,10-11,13H2,1H3,(H,21,23);1H. The van der Waals surface area contributed by atoms with Crippen LogP contribution in [-0.2, 0) is 4.79 Å². The summed E-state index contributed by atoms with van der Waals surface area (Å²) >= 11 is 0. The van der Waals surface area contributed by atoms with Gasteiger partial charge in [0, 0.05) is 42.8 Å². The normalized spacial score (nSPS) is 21.3. The molecular formula is C19H28ClN3O2. The van der Waals surface area contributed by atoms with E-state index in [0.29, 0.717) is 5.56 Å². The van der Waals surface area contributed by atoms with Crippen molar-refractivity contribution in [2.24, 2.45) is 5.92 Å². The predicted octanol–water partition coefficient (Wildman–Crippen LogP) is 3.06. The third kappa shape index (κ3) is 4.95. The van der Waals surface area contributed by atoms with Crippen LogP contribution in [0.25, 0.3) is 0 Å². The van der Waals surface area contributed by atoms with E-state index < -0.39 is 0 Å². The zero-order valence-corrected chi connectivity index (χ0v) is 15.6. The lowest BCUT2D eigenvalue weighted by Crippen LogP contribution is -2.52. The summed E-state index contributed by atoms with van der Waals surface area (Å²) in [5.74, 6) is 0.249. The van der Waals surface area contributed by atoms with Gasteiger partial charge in [-0.15, -0.1) is 12.4 Å². The van der Waals surface area contributed by atoms with Crippen LogP contribution < -0.4 is 10.6 Å². The molecule has 2 amide bonds. The van der Waals surface area contributed by atoms with Gasteiger partial charge in [0.1, 0.15) is 0 Å². The van der Waals surface area contributed by atoms with Gasteiger partial charge in [0.25, 0.3) is 5.91 Å². The van der Waals surface area contributed by atoms with Crippen molar-refractivity contribution in [1.82, 2.24) is 10.2 Å². The summed E-state index contributed by atoms with van der Waals surface area (Å²) in [5.41, 5.74) is 1.37. The first-order valence-electron chi connectivity index (χ1n) is 9.08. The summed E-state index contributed by atoms with van der Waals surface area (Å²) in [6.07, 6.45) is 5.46. The molecule has 25 heavy (non-hydrogen) atoms. The first-order chi connectivity index (χ1) is 11.6. The SMILES string of the molecule is CC1CNCCN1C(=O)c1cccc(NC(=O)C2CCCCC2)c1.Cl. The molecule has 0 bridgehead atoms. The molecule has 1 aromatic rings. The molecule has 1 saturated carbocycles. The van der Waals surface area contributed by atoms with Crippen molar-refractivity contribution < 1.29 is 9.59 Å². The van der Waals surface area contributed by atoms with Gasteiger partial charge < -0.3 is 15.5 Å². The number of amides is 2. The second-order valence-corrected chi connectivity index (χ2v) is 6.96. The van der Waals surface area contributed by atoms with Crippen LogP contribution in [0.4, 0.5) is 5.69 Å². The van der Waals surface area contributed by atoms with Gasteiger partial charge in [-0.3, -0.25) is 9.59 Å². The first kappa shape index (κ1) is 19.7. The number of rotatable bonds is 3. The lowest BCUT2D eigenvalue weighted by Gasteiger charge is -2.34. The van der Waals surface area contributed by atoms with E-state index >= 15 is 0 Å². The molecule has 1 aliphatic heterocycles. The van der Waals surface area contributed by atoms with Crippen LogP contribution in [0.5, 0.6) is 0 Å². The maximum Gasteiger partial charge on any atom is 0.254 e. The number of nitrogens with one attached hydrogen (secondary N) is 2. The van der Waals surface area contributed by atoms with Gasteiger partial charge >= 0.3 is 0 Å². The van der Waals surface area contributed by atoms with Crippen LogP contribution in [0, 0.1) is 5.92 Å². The Morgan fingerprint density at radius 3 is 2.68 bits per heavy atom. The summed E-state index contributed by atoms with van der Waals surface area (Å²) in [6, 6.07) is 7.52. The summed E-state index contributed by atoms with van der Waals surface area (Å²) in [4.78, 5) is 27.0. The van der Waals surface area contributed by atoms with E-state index in [1.165, 1.54) is 6.42 Å². The van der Waals surface area contributed by atoms with Crippen LogP contribution in [0.15, 0.2) is 24.3 Å². The highest BCUT2D eigenvalue weighted by Gasteiger charge is 2.25. The zero-order valence-electron chi connectivity index (χ0n) is 14.8. The summed E-state index contributed by atoms with van der Waals surface area (Å²) in [7, 11) is 0. The molecule has 5 nitrogen and oxygen atoms in total. The number of anilines is 1. The topological polar surface area (TPSA) is 61.4 Å². The average molecular weight is 366 g/mol. The van der Waals surface area contributed by atoms with E-state index in [1.54, 1.807) is 6.07 Å². The van der Waals surface area contributed by atoms with Gasteiger partial charge in [-0.25, -0.2) is 0 Å². The minimum absolute atomic E-state index is 0. The minimum atomic E-state index is 0. The maximum absolute atomic E-state index is 12.7. The molecular weight excluding hydrogens is 338 g/mol. The van der Waals surface area contributed by atoms with Crippen molar-refractivity contribution in [3.05, 3.63) is 29.8 Å². The van der Waals surface area contributed by atoms with E-state index in [-0.39, 0.29) is 36.2 Å². The Bertz CT molecular complexity index is 602. The second-order valence-electron chi connectivity index (χ2n) is 6.96. The second kappa shape index (κ2) is 9.20. The Morgan fingerprint density at radius 1 is 1.20 bits per heavy atom. The lowest BCUT2D eigenvalue weighted by molar-refractivity contribution is -0.120. The Balaban J connectivity index is 0.00000225. The van der Waals surface area contributed by atoms with Crippen molar-refractivity contribution in [2.45, 2.75) is 45.1 Å². The third-order valence-electron chi connectivity index (χ3n) is 5.12. The van der Waals surface area contributed by atoms with Crippen molar-refractivity contribution in [3.63, 3.8) is 0 Å². The quantitative estimate of drug-likeness (QED) is 0.865. The molecule has 0 aromatic heterocycles. The molecule has 1 unspecified atom stereocenters. The largest absolute Gasteiger partial charge is 0.333 e. The highest BCUT2D eigenvalue weighted by molar-refractivity contribution is 5.97. The Kier molecular flexibility index (Phi) is 7.26. The molecule has 1 aliphatic carbocycles. The zero-order chi connectivity index (χ0) is 16.9. The molecule has 138 valence electrons. The molecule has 1 saturated heterocycles. The number of halogens is 1. The van der Waals surface area contributed by atoms with Crippen molar-refractivity contribution in [3.8, 4) is 0 Å². The fourth-order valence-corrected chi connectivity index (χ4v) is 3.65. The van der Waals surface area contributed by atoms with Gasteiger partial charge in [-0.05, 0) is 38.0 Å². The van der Waals surface area contributed by atoms with Gasteiger partial charge in [0.05, 0.1) is 0 Å². The third-order valence-corrected chi connectivity index (χ3v) is 5.12. The summed E-state index contributed by atoms with van der Waals surface area (Å²) in [6.45, 7) is 4.43. The molecule has 2 fully saturated rings. The van der Waals surface area contributed by atoms with E-state index in [2.05, 4.69) is 17.6 Å². The van der Waals surface area contributed by atoms with Crippen LogP contribution in [0.3, 0.4) is 0 Å². The van der Waals surface area contributed by atoms with Gasteiger partial charge in [-0.1, -0.05) is 25.3 Å². The Hall–Kier alpha value is -1.59. The number of piperazine rings is 1. The predicted molar refractivity (Wildman–Crippen MR) is 102 cm³/mol. The monoisotopic (exact) mass is 365 g/mol. The van der Waals surface area contributed by atoms with Crippen molar-refractivity contribution >= 4 is 29.9 Å². The van der Waals surface area contributed by atoms with Crippen LogP contribution in [0.2, 0.25) is 0 Å². The highest BCUT2D eigenvalue weighted by atomic mass is 35.5. The van der Waals surface area contributed by atoms with E-state index in [0.717, 1.165) is 51.0 Å². The smallest absolute Gasteiger partial charge is 0.254 e. The van der Waals surface area contributed by atoms with E-state index in [4.69, 9.17) is 0 Å². The molecule has 6 heteroatoms. The van der Waals surface area contributed by atoms with Crippen LogP contribution >= 0.6 is 12.4 Å². The lowest BCUT2D eigenvalue weighted by atomic mass is 9.88. The molecule has 2 N–H and O–H groups in total. The Morgan fingerprint density at radius 2 is 1.96 bits per heavy atom.